The van der Waals surface area contributed by atoms with E-state index in [1.807, 2.05) is 23.5 Å². The van der Waals surface area contributed by atoms with Gasteiger partial charge in [-0.2, -0.15) is 9.15 Å². The molecular weight excluding hydrogens is 591 g/mol. The Morgan fingerprint density at radius 1 is 0.700 bits per heavy atom. The summed E-state index contributed by atoms with van der Waals surface area (Å²) in [6, 6.07) is 5.01. The van der Waals surface area contributed by atoms with Gasteiger partial charge in [-0.1, -0.05) is 94.5 Å². The van der Waals surface area contributed by atoms with Crippen LogP contribution in [0.2, 0.25) is 6.32 Å². The van der Waals surface area contributed by atoms with Crippen LogP contribution in [0.4, 0.5) is 11.4 Å². The highest BCUT2D eigenvalue weighted by Gasteiger charge is 2.41. The minimum absolute atomic E-state index is 0.143. The van der Waals surface area contributed by atoms with Crippen LogP contribution < -0.4 is 0 Å². The maximum absolute atomic E-state index is 5.92. The van der Waals surface area contributed by atoms with Gasteiger partial charge in [-0.05, 0) is 28.4 Å². The van der Waals surface area contributed by atoms with E-state index in [2.05, 4.69) is 115 Å². The van der Waals surface area contributed by atoms with Crippen molar-refractivity contribution in [2.75, 3.05) is 18.4 Å². The summed E-state index contributed by atoms with van der Waals surface area (Å²) >= 11 is 7.71. The van der Waals surface area contributed by atoms with Crippen molar-refractivity contribution >= 4 is 70.1 Å². The highest BCUT2D eigenvalue weighted by Crippen LogP contribution is 2.49. The van der Waals surface area contributed by atoms with E-state index in [0.717, 1.165) is 37.6 Å². The number of allylic oxidation sites excluding steroid dienone is 6. The number of unbranched alkanes of at least 4 members (excludes halogenated alkanes) is 2. The second kappa shape index (κ2) is 12.2. The summed E-state index contributed by atoms with van der Waals surface area (Å²) in [7, 11) is 5.92. The standard InChI is InChI=1S/C34H44BBrN2S2/c1-33(2,3)23-11-13-25-29(19-23)39-31-22-28-32(21-27(31)37(25)17-9-7-15-35)40-30-20-24(34(4,5)6)12-14-26(30)38(28)18-10-8-16-36/h11-14,19-22,29-30H,7-10,15-18H2,1-6H3/q+2. The van der Waals surface area contributed by atoms with Gasteiger partial charge in [-0.25, -0.2) is 0 Å². The highest BCUT2D eigenvalue weighted by atomic mass is 79.9. The van der Waals surface area contributed by atoms with Crippen molar-refractivity contribution in [3.05, 3.63) is 59.7 Å². The highest BCUT2D eigenvalue weighted by molar-refractivity contribution is 9.09. The Hall–Kier alpha value is -1.24. The van der Waals surface area contributed by atoms with Crippen molar-refractivity contribution < 1.29 is 9.15 Å². The van der Waals surface area contributed by atoms with E-state index in [0.29, 0.717) is 10.5 Å². The Kier molecular flexibility index (Phi) is 9.20. The molecule has 0 N–H and O–H groups in total. The van der Waals surface area contributed by atoms with Gasteiger partial charge in [0.25, 0.3) is 0 Å². The Labute approximate surface area is 260 Å². The third kappa shape index (κ3) is 6.25. The molecule has 4 aliphatic rings. The molecule has 2 aliphatic carbocycles. The van der Waals surface area contributed by atoms with Gasteiger partial charge in [-0.3, -0.25) is 0 Å². The third-order valence-electron chi connectivity index (χ3n) is 8.20. The number of nitrogens with zero attached hydrogens (tertiary/aromatic N) is 2. The first kappa shape index (κ1) is 30.2. The van der Waals surface area contributed by atoms with E-state index < -0.39 is 0 Å². The Morgan fingerprint density at radius 2 is 1.15 bits per heavy atom. The maximum atomic E-state index is 5.92. The molecule has 1 aromatic carbocycles. The van der Waals surface area contributed by atoms with Gasteiger partial charge in [0, 0.05) is 42.5 Å². The van der Waals surface area contributed by atoms with E-state index in [-0.39, 0.29) is 10.8 Å². The quantitative estimate of drug-likeness (QED) is 0.122. The smallest absolute Gasteiger partial charge is 0.194 e. The Bertz CT molecular complexity index is 1250. The topological polar surface area (TPSA) is 6.02 Å². The number of thioether (sulfide) groups is 2. The largest absolute Gasteiger partial charge is 0.220 e. The fraction of sp³-hybridized carbons (Fsp3) is 0.529. The minimum Gasteiger partial charge on any atom is -0.194 e. The predicted octanol–water partition coefficient (Wildman–Crippen LogP) is 9.43. The van der Waals surface area contributed by atoms with E-state index in [4.69, 9.17) is 7.85 Å². The molecule has 0 fully saturated rings. The second-order valence-corrected chi connectivity index (χ2v) is 16.5. The monoisotopic (exact) mass is 634 g/mol. The lowest BCUT2D eigenvalue weighted by atomic mass is 9.83. The molecule has 0 bridgehead atoms. The number of rotatable bonds is 8. The molecule has 2 aliphatic heterocycles. The van der Waals surface area contributed by atoms with Crippen molar-refractivity contribution in [3.63, 3.8) is 0 Å². The van der Waals surface area contributed by atoms with E-state index >= 15 is 0 Å². The Morgan fingerprint density at radius 3 is 1.55 bits per heavy atom. The van der Waals surface area contributed by atoms with E-state index in [9.17, 15) is 0 Å². The fourth-order valence-corrected chi connectivity index (χ4v) is 8.77. The molecule has 2 unspecified atom stereocenters. The van der Waals surface area contributed by atoms with Crippen molar-refractivity contribution in [2.24, 2.45) is 10.8 Å². The average molecular weight is 636 g/mol. The number of alkyl halides is 1. The molecule has 1 aromatic rings. The molecule has 0 amide bonds. The van der Waals surface area contributed by atoms with Gasteiger partial charge in [0.15, 0.2) is 11.4 Å². The predicted molar refractivity (Wildman–Crippen MR) is 181 cm³/mol. The summed E-state index contributed by atoms with van der Waals surface area (Å²) < 4.78 is 5.23. The van der Waals surface area contributed by atoms with Gasteiger partial charge >= 0.3 is 0 Å². The van der Waals surface area contributed by atoms with Crippen molar-refractivity contribution in [2.45, 2.75) is 93.8 Å². The molecule has 0 saturated carbocycles. The molecule has 2 heterocycles. The second-order valence-electron chi connectivity index (χ2n) is 13.3. The van der Waals surface area contributed by atoms with Crippen LogP contribution in [0.15, 0.2) is 69.5 Å². The van der Waals surface area contributed by atoms with Crippen LogP contribution >= 0.6 is 39.5 Å². The van der Waals surface area contributed by atoms with Crippen molar-refractivity contribution in [1.29, 1.82) is 0 Å². The molecular formula is C34H44BBrN2S2+2. The van der Waals surface area contributed by atoms with Gasteiger partial charge < -0.3 is 0 Å². The number of benzene rings is 1. The van der Waals surface area contributed by atoms with Gasteiger partial charge in [-0.15, -0.1) is 23.5 Å². The first-order chi connectivity index (χ1) is 19.0. The number of halogens is 1. The van der Waals surface area contributed by atoms with E-state index in [1.54, 1.807) is 0 Å². The van der Waals surface area contributed by atoms with Crippen LogP contribution in [0.25, 0.3) is 0 Å². The SMILES string of the molecule is [B]CCCC[N+]1=C2C=CC(C(C)(C)C)=CC2Sc2cc3c(cc21)SC1C=C(C(C)(C)C)C=CC1=[N+]3CCCCBr. The maximum Gasteiger partial charge on any atom is 0.220 e. The zero-order valence-electron chi connectivity index (χ0n) is 25.1. The lowest BCUT2D eigenvalue weighted by Gasteiger charge is -2.30. The molecule has 2 atom stereocenters. The lowest BCUT2D eigenvalue weighted by Crippen LogP contribution is -2.33. The molecule has 5 rings (SSSR count). The third-order valence-corrected chi connectivity index (χ3v) is 11.2. The van der Waals surface area contributed by atoms with Crippen LogP contribution in [-0.4, -0.2) is 57.3 Å². The Balaban J connectivity index is 1.62. The molecule has 210 valence electrons. The summed E-state index contributed by atoms with van der Waals surface area (Å²) in [4.78, 5) is 2.80. The van der Waals surface area contributed by atoms with Crippen LogP contribution in [0, 0.1) is 10.8 Å². The molecule has 0 aromatic heterocycles. The van der Waals surface area contributed by atoms with Gasteiger partial charge in [0.05, 0.1) is 17.6 Å². The molecule has 2 nitrogen and oxygen atoms in total. The number of hydrogen-bond donors (Lipinski definition) is 0. The molecule has 40 heavy (non-hydrogen) atoms. The van der Waals surface area contributed by atoms with Crippen molar-refractivity contribution in [1.82, 2.24) is 0 Å². The van der Waals surface area contributed by atoms with Crippen LogP contribution in [-0.2, 0) is 0 Å². The summed E-state index contributed by atoms with van der Waals surface area (Å²) in [6.07, 6.45) is 19.8. The van der Waals surface area contributed by atoms with Crippen molar-refractivity contribution in [3.8, 4) is 0 Å². The van der Waals surface area contributed by atoms with Crippen LogP contribution in [0.1, 0.15) is 67.2 Å². The van der Waals surface area contributed by atoms with Gasteiger partial charge in [0.2, 0.25) is 11.4 Å². The zero-order chi connectivity index (χ0) is 28.7. The zero-order valence-corrected chi connectivity index (χ0v) is 28.3. The number of hydrogen-bond acceptors (Lipinski definition) is 2. The molecule has 6 heteroatoms. The average Bonchev–Trinajstić information content (AvgIpc) is 2.90. The van der Waals surface area contributed by atoms with E-state index in [1.165, 1.54) is 56.6 Å². The van der Waals surface area contributed by atoms with Crippen LogP contribution in [0.5, 0.6) is 0 Å². The first-order valence-corrected chi connectivity index (χ1v) is 17.8. The summed E-state index contributed by atoms with van der Waals surface area (Å²) in [5, 5.41) is 1.75. The first-order valence-electron chi connectivity index (χ1n) is 14.9. The fourth-order valence-electron chi connectivity index (χ4n) is 5.80. The molecule has 2 radical (unpaired) electrons. The molecule has 0 spiro atoms. The minimum atomic E-state index is 0.143. The van der Waals surface area contributed by atoms with Crippen LogP contribution in [0.3, 0.4) is 0 Å². The number of fused-ring (bicyclic) bond motifs is 4. The summed E-state index contributed by atoms with van der Waals surface area (Å²) in [5.41, 5.74) is 8.75. The summed E-state index contributed by atoms with van der Waals surface area (Å²) in [6.45, 7) is 16.0. The normalized spacial score (nSPS) is 22.0. The summed E-state index contributed by atoms with van der Waals surface area (Å²) in [5.74, 6) is 0. The molecule has 0 saturated heterocycles. The lowest BCUT2D eigenvalue weighted by molar-refractivity contribution is -0.450. The van der Waals surface area contributed by atoms with Gasteiger partial charge in [0.1, 0.15) is 23.6 Å².